The van der Waals surface area contributed by atoms with Gasteiger partial charge in [-0.3, -0.25) is 9.36 Å². The molecule has 1 fully saturated rings. The summed E-state index contributed by atoms with van der Waals surface area (Å²) in [6.07, 6.45) is 0.438. The molecule has 0 bridgehead atoms. The first kappa shape index (κ1) is 9.75. The molecule has 1 aliphatic rings. The van der Waals surface area contributed by atoms with Crippen molar-refractivity contribution in [1.29, 1.82) is 0 Å². The number of carbonyl (C=O) groups excluding carboxylic acids is 1. The molecule has 0 aromatic carbocycles. The smallest absolute Gasteiger partial charge is 0.318 e. The van der Waals surface area contributed by atoms with Crippen LogP contribution in [-0.4, -0.2) is 24.3 Å². The molecular formula is C7H13O4P. The first-order chi connectivity index (χ1) is 5.61. The van der Waals surface area contributed by atoms with Crippen LogP contribution in [0.3, 0.4) is 0 Å². The molecule has 2 atom stereocenters. The third-order valence-corrected chi connectivity index (χ3v) is 3.37. The van der Waals surface area contributed by atoms with Crippen LogP contribution in [-0.2, 0) is 18.6 Å². The minimum atomic E-state index is -2.24. The molecule has 1 aliphatic heterocycles. The number of cyclic esters (lactones) is 1. The quantitative estimate of drug-likeness (QED) is 0.498. The van der Waals surface area contributed by atoms with Gasteiger partial charge in [-0.2, -0.15) is 0 Å². The van der Waals surface area contributed by atoms with Gasteiger partial charge in [-0.15, -0.1) is 0 Å². The predicted molar refractivity (Wildman–Crippen MR) is 44.6 cm³/mol. The average molecular weight is 192 g/mol. The summed E-state index contributed by atoms with van der Waals surface area (Å²) < 4.78 is 21.1. The van der Waals surface area contributed by atoms with Gasteiger partial charge in [0.1, 0.15) is 5.66 Å². The lowest BCUT2D eigenvalue weighted by Crippen LogP contribution is -2.12. The van der Waals surface area contributed by atoms with Gasteiger partial charge in [0.05, 0.1) is 12.7 Å². The SMILES string of the molecule is CC(C)O[PH](=O)C1CCOC1=O. The largest absolute Gasteiger partial charge is 0.465 e. The van der Waals surface area contributed by atoms with Gasteiger partial charge in [0.25, 0.3) is 0 Å². The Morgan fingerprint density at radius 2 is 2.33 bits per heavy atom. The van der Waals surface area contributed by atoms with Gasteiger partial charge in [-0.1, -0.05) is 0 Å². The molecule has 0 radical (unpaired) electrons. The highest BCUT2D eigenvalue weighted by Gasteiger charge is 2.32. The molecule has 1 saturated heterocycles. The molecule has 12 heavy (non-hydrogen) atoms. The van der Waals surface area contributed by atoms with Crippen LogP contribution in [0, 0.1) is 0 Å². The highest BCUT2D eigenvalue weighted by molar-refractivity contribution is 7.41. The van der Waals surface area contributed by atoms with Gasteiger partial charge >= 0.3 is 5.97 Å². The number of esters is 1. The van der Waals surface area contributed by atoms with E-state index in [1.165, 1.54) is 0 Å². The van der Waals surface area contributed by atoms with Crippen LogP contribution in [0.25, 0.3) is 0 Å². The van der Waals surface area contributed by atoms with Crippen molar-refractivity contribution in [3.05, 3.63) is 0 Å². The average Bonchev–Trinajstić information content (AvgIpc) is 2.33. The lowest BCUT2D eigenvalue weighted by Gasteiger charge is -2.09. The van der Waals surface area contributed by atoms with Crippen LogP contribution in [0.1, 0.15) is 20.3 Å². The Kier molecular flexibility index (Phi) is 3.29. The van der Waals surface area contributed by atoms with Crippen molar-refractivity contribution < 1.29 is 18.6 Å². The van der Waals surface area contributed by atoms with E-state index in [4.69, 9.17) is 4.52 Å². The van der Waals surface area contributed by atoms with Crippen molar-refractivity contribution >= 4 is 14.0 Å². The van der Waals surface area contributed by atoms with E-state index in [0.717, 1.165) is 0 Å². The summed E-state index contributed by atoms with van der Waals surface area (Å²) in [6, 6.07) is 0. The van der Waals surface area contributed by atoms with Crippen LogP contribution in [0.5, 0.6) is 0 Å². The Balaban J connectivity index is 2.46. The Morgan fingerprint density at radius 1 is 1.67 bits per heavy atom. The Morgan fingerprint density at radius 3 is 2.75 bits per heavy atom. The van der Waals surface area contributed by atoms with E-state index in [-0.39, 0.29) is 12.1 Å². The maximum atomic E-state index is 11.3. The van der Waals surface area contributed by atoms with Crippen molar-refractivity contribution in [2.75, 3.05) is 6.61 Å². The second-order valence-corrected chi connectivity index (χ2v) is 4.57. The minimum Gasteiger partial charge on any atom is -0.465 e. The van der Waals surface area contributed by atoms with Gasteiger partial charge in [-0.05, 0) is 13.8 Å². The molecule has 4 nitrogen and oxygen atoms in total. The van der Waals surface area contributed by atoms with E-state index in [1.807, 2.05) is 0 Å². The number of rotatable bonds is 3. The summed E-state index contributed by atoms with van der Waals surface area (Å²) in [5.74, 6) is -0.375. The molecular weight excluding hydrogens is 179 g/mol. The predicted octanol–water partition coefficient (Wildman–Crippen LogP) is 1.20. The third kappa shape index (κ3) is 2.32. The Hall–Kier alpha value is -0.340. The molecule has 0 aromatic heterocycles. The van der Waals surface area contributed by atoms with Crippen LogP contribution in [0.2, 0.25) is 0 Å². The second-order valence-electron chi connectivity index (χ2n) is 2.99. The van der Waals surface area contributed by atoms with Crippen LogP contribution in [0.15, 0.2) is 0 Å². The highest BCUT2D eigenvalue weighted by atomic mass is 31.1. The zero-order chi connectivity index (χ0) is 9.14. The molecule has 70 valence electrons. The van der Waals surface area contributed by atoms with E-state index < -0.39 is 13.7 Å². The lowest BCUT2D eigenvalue weighted by molar-refractivity contribution is -0.137. The van der Waals surface area contributed by atoms with Crippen molar-refractivity contribution in [3.63, 3.8) is 0 Å². The molecule has 0 N–H and O–H groups in total. The first-order valence-corrected chi connectivity index (χ1v) is 5.38. The molecule has 0 saturated carbocycles. The van der Waals surface area contributed by atoms with E-state index in [0.29, 0.717) is 13.0 Å². The summed E-state index contributed by atoms with van der Waals surface area (Å²) >= 11 is 0. The summed E-state index contributed by atoms with van der Waals surface area (Å²) in [4.78, 5) is 10.9. The number of ether oxygens (including phenoxy) is 1. The zero-order valence-corrected chi connectivity index (χ0v) is 8.20. The van der Waals surface area contributed by atoms with Gasteiger partial charge in [0.2, 0.25) is 8.03 Å². The monoisotopic (exact) mass is 192 g/mol. The van der Waals surface area contributed by atoms with Crippen molar-refractivity contribution in [2.24, 2.45) is 0 Å². The lowest BCUT2D eigenvalue weighted by atomic mass is 10.4. The van der Waals surface area contributed by atoms with Crippen LogP contribution >= 0.6 is 8.03 Å². The molecule has 0 aliphatic carbocycles. The molecule has 0 aromatic rings. The summed E-state index contributed by atoms with van der Waals surface area (Å²) in [6.45, 7) is 3.97. The minimum absolute atomic E-state index is 0.0928. The molecule has 2 unspecified atom stereocenters. The Bertz CT molecular complexity index is 202. The molecule has 1 rings (SSSR count). The van der Waals surface area contributed by atoms with Gasteiger partial charge < -0.3 is 9.26 Å². The normalized spacial score (nSPS) is 25.9. The molecule has 1 heterocycles. The van der Waals surface area contributed by atoms with Gasteiger partial charge in [-0.25, -0.2) is 0 Å². The number of hydrogen-bond acceptors (Lipinski definition) is 4. The van der Waals surface area contributed by atoms with Crippen LogP contribution < -0.4 is 0 Å². The molecule has 0 amide bonds. The van der Waals surface area contributed by atoms with E-state index in [2.05, 4.69) is 4.74 Å². The van der Waals surface area contributed by atoms with E-state index in [1.54, 1.807) is 13.8 Å². The molecule has 5 heteroatoms. The fourth-order valence-corrected chi connectivity index (χ4v) is 2.28. The van der Waals surface area contributed by atoms with Crippen molar-refractivity contribution in [3.8, 4) is 0 Å². The third-order valence-electron chi connectivity index (χ3n) is 1.57. The Labute approximate surface area is 72.1 Å². The maximum Gasteiger partial charge on any atom is 0.318 e. The number of carbonyl (C=O) groups is 1. The summed E-state index contributed by atoms with van der Waals surface area (Å²) in [5.41, 5.74) is -0.502. The van der Waals surface area contributed by atoms with Crippen molar-refractivity contribution in [1.82, 2.24) is 0 Å². The fraction of sp³-hybridized carbons (Fsp3) is 0.857. The highest BCUT2D eigenvalue weighted by Crippen LogP contribution is 2.36. The first-order valence-electron chi connectivity index (χ1n) is 3.98. The van der Waals surface area contributed by atoms with Gasteiger partial charge in [0.15, 0.2) is 0 Å². The zero-order valence-electron chi connectivity index (χ0n) is 7.20. The van der Waals surface area contributed by atoms with E-state index >= 15 is 0 Å². The van der Waals surface area contributed by atoms with Gasteiger partial charge in [0, 0.05) is 6.42 Å². The molecule has 0 spiro atoms. The topological polar surface area (TPSA) is 52.6 Å². The summed E-state index contributed by atoms with van der Waals surface area (Å²) in [5, 5.41) is 0. The second kappa shape index (κ2) is 4.06. The van der Waals surface area contributed by atoms with E-state index in [9.17, 15) is 9.36 Å². The fourth-order valence-electron chi connectivity index (χ4n) is 1.02. The standard InChI is InChI=1S/C7H13O4P/c1-5(2)11-12(9)6-3-4-10-7(6)8/h5-6,12H,3-4H2,1-2H3. The van der Waals surface area contributed by atoms with Crippen LogP contribution in [0.4, 0.5) is 0 Å². The maximum absolute atomic E-state index is 11.3. The van der Waals surface area contributed by atoms with Crippen molar-refractivity contribution in [2.45, 2.75) is 32.0 Å². The summed E-state index contributed by atoms with van der Waals surface area (Å²) in [7, 11) is -2.24. The number of hydrogen-bond donors (Lipinski definition) is 0.